The molecule has 7 heteroatoms. The molecule has 1 aliphatic heterocycles. The number of nitro groups is 1. The third-order valence-corrected chi connectivity index (χ3v) is 3.95. The average molecular weight is 255 g/mol. The molecule has 0 saturated carbocycles. The number of hydrogen-bond acceptors (Lipinski definition) is 5. The predicted molar refractivity (Wildman–Crippen MR) is 60.1 cm³/mol. The number of thioether (sulfide) groups is 1. The summed E-state index contributed by atoms with van der Waals surface area (Å²) >= 11 is 1.32. The zero-order valence-electron chi connectivity index (χ0n) is 8.87. The Labute approximate surface area is 101 Å². The number of fused-ring (bicyclic) bond motifs is 1. The van der Waals surface area contributed by atoms with Gasteiger partial charge in [0.2, 0.25) is 5.60 Å². The molecular weight excluding hydrogens is 246 g/mol. The Balaban J connectivity index is 2.59. The highest BCUT2D eigenvalue weighted by molar-refractivity contribution is 7.99. The quantitative estimate of drug-likeness (QED) is 0.652. The first-order valence-electron chi connectivity index (χ1n) is 4.71. The molecule has 1 N–H and O–H groups in total. The number of hydrogen-bond donors (Lipinski definition) is 1. The Morgan fingerprint density at radius 2 is 2.35 bits per heavy atom. The lowest BCUT2D eigenvalue weighted by Crippen LogP contribution is -2.38. The van der Waals surface area contributed by atoms with Crippen LogP contribution in [-0.4, -0.2) is 28.9 Å². The molecule has 1 aliphatic rings. The van der Waals surface area contributed by atoms with Crippen LogP contribution in [0.2, 0.25) is 0 Å². The number of rotatable bonds is 3. The molecule has 0 saturated heterocycles. The summed E-state index contributed by atoms with van der Waals surface area (Å²) in [5.74, 6) is -0.915. The standard InChI is InChI=1S/C10H9NO5S/c1-16-10(9(12)13)5-17-8-3-2-6(11(14)15)4-7(8)10/h2-4H,5H2,1H3,(H,12,13). The Hall–Kier alpha value is -1.60. The van der Waals surface area contributed by atoms with Crippen molar-refractivity contribution in [1.29, 1.82) is 0 Å². The van der Waals surface area contributed by atoms with Crippen molar-refractivity contribution in [1.82, 2.24) is 0 Å². The maximum atomic E-state index is 11.3. The highest BCUT2D eigenvalue weighted by Gasteiger charge is 2.47. The molecule has 6 nitrogen and oxygen atoms in total. The van der Waals surface area contributed by atoms with Gasteiger partial charge in [-0.3, -0.25) is 10.1 Å². The number of methoxy groups -OCH3 is 1. The maximum absolute atomic E-state index is 11.3. The van der Waals surface area contributed by atoms with E-state index in [-0.39, 0.29) is 11.4 Å². The van der Waals surface area contributed by atoms with E-state index < -0.39 is 16.5 Å². The third kappa shape index (κ3) is 1.67. The SMILES string of the molecule is COC1(C(=O)O)CSc2ccc([N+](=O)[O-])cc21. The van der Waals surface area contributed by atoms with Gasteiger partial charge < -0.3 is 9.84 Å². The highest BCUT2D eigenvalue weighted by atomic mass is 32.2. The summed E-state index contributed by atoms with van der Waals surface area (Å²) in [5.41, 5.74) is -1.26. The van der Waals surface area contributed by atoms with Crippen LogP contribution >= 0.6 is 11.8 Å². The molecule has 2 rings (SSSR count). The maximum Gasteiger partial charge on any atom is 0.341 e. The van der Waals surface area contributed by atoms with Crippen LogP contribution in [0.4, 0.5) is 5.69 Å². The van der Waals surface area contributed by atoms with Gasteiger partial charge in [-0.2, -0.15) is 0 Å². The van der Waals surface area contributed by atoms with Crippen molar-refractivity contribution in [3.05, 3.63) is 33.9 Å². The Kier molecular flexibility index (Phi) is 2.80. The largest absolute Gasteiger partial charge is 0.479 e. The summed E-state index contributed by atoms with van der Waals surface area (Å²) in [4.78, 5) is 22.1. The van der Waals surface area contributed by atoms with Crippen LogP contribution in [-0.2, 0) is 15.1 Å². The first-order valence-corrected chi connectivity index (χ1v) is 5.70. The van der Waals surface area contributed by atoms with Crippen LogP contribution in [0.1, 0.15) is 5.56 Å². The number of carboxylic acid groups (broad SMARTS) is 1. The zero-order chi connectivity index (χ0) is 12.6. The lowest BCUT2D eigenvalue weighted by atomic mass is 9.95. The van der Waals surface area contributed by atoms with Gasteiger partial charge >= 0.3 is 5.97 Å². The van der Waals surface area contributed by atoms with Crippen LogP contribution in [0.3, 0.4) is 0 Å². The van der Waals surface area contributed by atoms with Gasteiger partial charge in [0.1, 0.15) is 0 Å². The van der Waals surface area contributed by atoms with Crippen molar-refractivity contribution < 1.29 is 19.6 Å². The predicted octanol–water partition coefficient (Wildman–Crippen LogP) is 1.63. The minimum absolute atomic E-state index is 0.131. The normalized spacial score (nSPS) is 22.2. The van der Waals surface area contributed by atoms with Crippen LogP contribution in [0.15, 0.2) is 23.1 Å². The van der Waals surface area contributed by atoms with Gasteiger partial charge in [-0.15, -0.1) is 11.8 Å². The molecule has 17 heavy (non-hydrogen) atoms. The lowest BCUT2D eigenvalue weighted by Gasteiger charge is -2.22. The van der Waals surface area contributed by atoms with E-state index in [0.29, 0.717) is 10.5 Å². The van der Waals surface area contributed by atoms with Crippen LogP contribution in [0, 0.1) is 10.1 Å². The van der Waals surface area contributed by atoms with E-state index in [2.05, 4.69) is 0 Å². The van der Waals surface area contributed by atoms with Gasteiger partial charge in [-0.05, 0) is 6.07 Å². The van der Waals surface area contributed by atoms with E-state index in [1.54, 1.807) is 6.07 Å². The van der Waals surface area contributed by atoms with E-state index >= 15 is 0 Å². The number of carboxylic acids is 1. The molecule has 1 aromatic carbocycles. The summed E-state index contributed by atoms with van der Waals surface area (Å²) in [6.45, 7) is 0. The van der Waals surface area contributed by atoms with E-state index in [0.717, 1.165) is 0 Å². The number of nitro benzene ring substituents is 1. The monoisotopic (exact) mass is 255 g/mol. The Bertz CT molecular complexity index is 503. The minimum atomic E-state index is -1.48. The molecular formula is C10H9NO5S. The fourth-order valence-corrected chi connectivity index (χ4v) is 3.06. The first kappa shape index (κ1) is 11.9. The molecule has 1 aromatic rings. The summed E-state index contributed by atoms with van der Waals surface area (Å²) < 4.78 is 5.08. The fourth-order valence-electron chi connectivity index (χ4n) is 1.76. The van der Waals surface area contributed by atoms with E-state index in [4.69, 9.17) is 4.74 Å². The summed E-state index contributed by atoms with van der Waals surface area (Å²) in [7, 11) is 1.29. The Morgan fingerprint density at radius 3 is 2.88 bits per heavy atom. The number of carbonyl (C=O) groups is 1. The van der Waals surface area contributed by atoms with Crippen LogP contribution in [0.25, 0.3) is 0 Å². The molecule has 1 heterocycles. The highest BCUT2D eigenvalue weighted by Crippen LogP contribution is 2.45. The van der Waals surface area contributed by atoms with Gasteiger partial charge in [-0.25, -0.2) is 4.79 Å². The molecule has 0 radical (unpaired) electrons. The molecule has 0 aromatic heterocycles. The van der Waals surface area contributed by atoms with E-state index in [1.165, 1.54) is 31.0 Å². The Morgan fingerprint density at radius 1 is 1.65 bits per heavy atom. The molecule has 0 amide bonds. The summed E-state index contributed by atoms with van der Waals surface area (Å²) in [5, 5.41) is 19.9. The number of aliphatic carboxylic acids is 1. The number of ether oxygens (including phenoxy) is 1. The summed E-state index contributed by atoms with van der Waals surface area (Å²) in [6.07, 6.45) is 0. The van der Waals surface area contributed by atoms with Crippen LogP contribution in [0.5, 0.6) is 0 Å². The molecule has 0 bridgehead atoms. The zero-order valence-corrected chi connectivity index (χ0v) is 9.69. The van der Waals surface area contributed by atoms with Crippen LogP contribution < -0.4 is 0 Å². The van der Waals surface area contributed by atoms with Gasteiger partial charge in [0, 0.05) is 35.5 Å². The number of non-ortho nitro benzene ring substituents is 1. The average Bonchev–Trinajstić information content (AvgIpc) is 2.67. The van der Waals surface area contributed by atoms with Crippen molar-refractivity contribution in [2.24, 2.45) is 0 Å². The van der Waals surface area contributed by atoms with Gasteiger partial charge in [0.15, 0.2) is 0 Å². The second-order valence-electron chi connectivity index (χ2n) is 3.56. The summed E-state index contributed by atoms with van der Waals surface area (Å²) in [6, 6.07) is 4.19. The van der Waals surface area contributed by atoms with E-state index in [1.807, 2.05) is 0 Å². The molecule has 0 aliphatic carbocycles. The minimum Gasteiger partial charge on any atom is -0.479 e. The van der Waals surface area contributed by atoms with Crippen molar-refractivity contribution >= 4 is 23.4 Å². The van der Waals surface area contributed by atoms with Crippen molar-refractivity contribution in [2.75, 3.05) is 12.9 Å². The van der Waals surface area contributed by atoms with Gasteiger partial charge in [0.05, 0.1) is 4.92 Å². The number of benzene rings is 1. The molecule has 1 atom stereocenters. The third-order valence-electron chi connectivity index (χ3n) is 2.73. The van der Waals surface area contributed by atoms with Gasteiger partial charge in [-0.1, -0.05) is 0 Å². The second kappa shape index (κ2) is 4.01. The topological polar surface area (TPSA) is 89.7 Å². The molecule has 90 valence electrons. The first-order chi connectivity index (χ1) is 8.01. The van der Waals surface area contributed by atoms with Crippen molar-refractivity contribution in [3.8, 4) is 0 Å². The number of nitrogens with zero attached hydrogens (tertiary/aromatic N) is 1. The van der Waals surface area contributed by atoms with Gasteiger partial charge in [0.25, 0.3) is 5.69 Å². The van der Waals surface area contributed by atoms with Crippen molar-refractivity contribution in [3.63, 3.8) is 0 Å². The lowest BCUT2D eigenvalue weighted by molar-refractivity contribution is -0.385. The molecule has 1 unspecified atom stereocenters. The van der Waals surface area contributed by atoms with Crippen molar-refractivity contribution in [2.45, 2.75) is 10.5 Å². The molecule has 0 spiro atoms. The van der Waals surface area contributed by atoms with E-state index in [9.17, 15) is 20.0 Å². The second-order valence-corrected chi connectivity index (χ2v) is 4.58. The fraction of sp³-hybridized carbons (Fsp3) is 0.300. The molecule has 0 fully saturated rings. The smallest absolute Gasteiger partial charge is 0.341 e.